The molecule has 0 unspecified atom stereocenters. The van der Waals surface area contributed by atoms with E-state index in [2.05, 4.69) is 0 Å². The van der Waals surface area contributed by atoms with Crippen LogP contribution in [0, 0.1) is 6.92 Å². The third-order valence-corrected chi connectivity index (χ3v) is 6.84. The molecular formula is C21H20N2O5S. The summed E-state index contributed by atoms with van der Waals surface area (Å²) in [6.45, 7) is 2.42. The number of carbonyl (C=O) groups excluding carboxylic acids is 2. The highest BCUT2D eigenvalue weighted by molar-refractivity contribution is 7.90. The summed E-state index contributed by atoms with van der Waals surface area (Å²) in [6, 6.07) is 11.5. The lowest BCUT2D eigenvalue weighted by atomic mass is 10.2. The molecule has 0 radical (unpaired) electrons. The Hall–Kier alpha value is -3.13. The third kappa shape index (κ3) is 3.09. The molecule has 2 heterocycles. The molecule has 7 nitrogen and oxygen atoms in total. The number of methoxy groups -OCH3 is 1. The molecule has 150 valence electrons. The normalized spacial score (nSPS) is 14.6. The number of fused-ring (bicyclic) bond motifs is 1. The summed E-state index contributed by atoms with van der Waals surface area (Å²) in [5, 5.41) is 0.499. The predicted octanol–water partition coefficient (Wildman–Crippen LogP) is 3.10. The summed E-state index contributed by atoms with van der Waals surface area (Å²) >= 11 is 0. The number of para-hydroxylation sites is 1. The molecule has 1 amide bonds. The van der Waals surface area contributed by atoms with E-state index in [-0.39, 0.29) is 16.4 Å². The summed E-state index contributed by atoms with van der Waals surface area (Å²) < 4.78 is 32.6. The van der Waals surface area contributed by atoms with Gasteiger partial charge < -0.3 is 9.64 Å². The van der Waals surface area contributed by atoms with Gasteiger partial charge in [-0.3, -0.25) is 4.79 Å². The van der Waals surface area contributed by atoms with Crippen molar-refractivity contribution in [3.05, 3.63) is 59.8 Å². The molecule has 1 fully saturated rings. The maximum atomic E-state index is 13.4. The van der Waals surface area contributed by atoms with Gasteiger partial charge in [0.1, 0.15) is 0 Å². The second kappa shape index (κ2) is 7.04. The van der Waals surface area contributed by atoms with Crippen LogP contribution in [0.2, 0.25) is 0 Å². The van der Waals surface area contributed by atoms with Gasteiger partial charge in [0, 0.05) is 30.2 Å². The number of aryl methyl sites for hydroxylation is 1. The molecule has 1 aliphatic rings. The molecule has 4 rings (SSSR count). The van der Waals surface area contributed by atoms with Crippen LogP contribution < -0.4 is 4.90 Å². The van der Waals surface area contributed by atoms with Crippen LogP contribution in [0.1, 0.15) is 28.8 Å². The fourth-order valence-electron chi connectivity index (χ4n) is 3.73. The number of ether oxygens (including phenoxy) is 1. The van der Waals surface area contributed by atoms with Gasteiger partial charge in [-0.15, -0.1) is 0 Å². The fourth-order valence-corrected chi connectivity index (χ4v) is 5.18. The van der Waals surface area contributed by atoms with Crippen LogP contribution in [0.25, 0.3) is 10.9 Å². The Morgan fingerprint density at radius 3 is 2.55 bits per heavy atom. The topological polar surface area (TPSA) is 85.7 Å². The molecule has 0 aliphatic carbocycles. The van der Waals surface area contributed by atoms with Crippen LogP contribution in [0.3, 0.4) is 0 Å². The first-order valence-electron chi connectivity index (χ1n) is 9.19. The number of aromatic nitrogens is 1. The number of benzene rings is 2. The van der Waals surface area contributed by atoms with E-state index in [0.29, 0.717) is 29.4 Å². The van der Waals surface area contributed by atoms with Gasteiger partial charge in [-0.05, 0) is 43.2 Å². The van der Waals surface area contributed by atoms with Gasteiger partial charge in [-0.2, -0.15) is 0 Å². The van der Waals surface area contributed by atoms with Crippen molar-refractivity contribution < 1.29 is 22.7 Å². The minimum absolute atomic E-state index is 0.0443. The molecule has 2 aromatic carbocycles. The number of amides is 1. The van der Waals surface area contributed by atoms with Crippen LogP contribution in [0.5, 0.6) is 0 Å². The maximum absolute atomic E-state index is 13.4. The van der Waals surface area contributed by atoms with Gasteiger partial charge in [0.2, 0.25) is 5.91 Å². The van der Waals surface area contributed by atoms with Crippen LogP contribution in [-0.4, -0.2) is 37.9 Å². The predicted molar refractivity (Wildman–Crippen MR) is 109 cm³/mol. The summed E-state index contributed by atoms with van der Waals surface area (Å²) in [4.78, 5) is 25.9. The molecule has 8 heteroatoms. The van der Waals surface area contributed by atoms with Gasteiger partial charge in [0.25, 0.3) is 10.0 Å². The Morgan fingerprint density at radius 1 is 1.14 bits per heavy atom. The van der Waals surface area contributed by atoms with Crippen molar-refractivity contribution in [3.63, 3.8) is 0 Å². The van der Waals surface area contributed by atoms with Crippen LogP contribution in [0.4, 0.5) is 5.69 Å². The first-order chi connectivity index (χ1) is 13.8. The molecular weight excluding hydrogens is 392 g/mol. The Labute approximate surface area is 168 Å². The number of esters is 1. The standard InChI is InChI=1S/C21H20N2O5S/c1-14-12-15(9-10-18(14)22-11-5-8-20(22)24)29(26,27)23-13-17(21(25)28-2)16-6-3-4-7-19(16)23/h3-4,6-7,9-10,12-13H,5,8,11H2,1-2H3. The third-order valence-electron chi connectivity index (χ3n) is 5.17. The average molecular weight is 412 g/mol. The van der Waals surface area contributed by atoms with E-state index in [1.165, 1.54) is 19.4 Å². The van der Waals surface area contributed by atoms with Crippen molar-refractivity contribution in [2.24, 2.45) is 0 Å². The van der Waals surface area contributed by atoms with Crippen molar-refractivity contribution >= 4 is 38.5 Å². The largest absolute Gasteiger partial charge is 0.465 e. The second-order valence-electron chi connectivity index (χ2n) is 6.95. The number of rotatable bonds is 4. The molecule has 1 aromatic heterocycles. The molecule has 0 atom stereocenters. The van der Waals surface area contributed by atoms with E-state index < -0.39 is 16.0 Å². The summed E-state index contributed by atoms with van der Waals surface area (Å²) in [6.07, 6.45) is 2.59. The first-order valence-corrected chi connectivity index (χ1v) is 10.6. The summed E-state index contributed by atoms with van der Waals surface area (Å²) in [5.41, 5.74) is 2.00. The van der Waals surface area contributed by atoms with Crippen molar-refractivity contribution in [1.29, 1.82) is 0 Å². The van der Waals surface area contributed by atoms with Gasteiger partial charge in [0.05, 0.1) is 23.1 Å². The fraction of sp³-hybridized carbons (Fsp3) is 0.238. The number of hydrogen-bond donors (Lipinski definition) is 0. The Bertz CT molecular complexity index is 1240. The number of carbonyl (C=O) groups is 2. The van der Waals surface area contributed by atoms with E-state index in [4.69, 9.17) is 4.74 Å². The monoisotopic (exact) mass is 412 g/mol. The van der Waals surface area contributed by atoms with Crippen LogP contribution in [0.15, 0.2) is 53.6 Å². The van der Waals surface area contributed by atoms with Gasteiger partial charge in [-0.25, -0.2) is 17.2 Å². The smallest absolute Gasteiger partial charge is 0.340 e. The number of nitrogens with zero attached hydrogens (tertiary/aromatic N) is 2. The first kappa shape index (κ1) is 19.2. The SMILES string of the molecule is COC(=O)c1cn(S(=O)(=O)c2ccc(N3CCCC3=O)c(C)c2)c2ccccc12. The van der Waals surface area contributed by atoms with Crippen LogP contribution in [-0.2, 0) is 19.6 Å². The zero-order chi connectivity index (χ0) is 20.8. The zero-order valence-electron chi connectivity index (χ0n) is 16.1. The Kier molecular flexibility index (Phi) is 4.66. The van der Waals surface area contributed by atoms with Crippen molar-refractivity contribution in [2.45, 2.75) is 24.7 Å². The Morgan fingerprint density at radius 2 is 1.90 bits per heavy atom. The summed E-state index contributed by atoms with van der Waals surface area (Å²) in [7, 11) is -2.70. The van der Waals surface area contributed by atoms with Gasteiger partial charge in [-0.1, -0.05) is 18.2 Å². The van der Waals surface area contributed by atoms with Crippen molar-refractivity contribution in [1.82, 2.24) is 3.97 Å². The molecule has 29 heavy (non-hydrogen) atoms. The van der Waals surface area contributed by atoms with Crippen molar-refractivity contribution in [3.8, 4) is 0 Å². The lowest BCUT2D eigenvalue weighted by Gasteiger charge is -2.19. The van der Waals surface area contributed by atoms with E-state index in [1.54, 1.807) is 48.2 Å². The Balaban J connectivity index is 1.83. The summed E-state index contributed by atoms with van der Waals surface area (Å²) in [5.74, 6) is -0.558. The minimum Gasteiger partial charge on any atom is -0.465 e. The van der Waals surface area contributed by atoms with E-state index in [0.717, 1.165) is 16.1 Å². The zero-order valence-corrected chi connectivity index (χ0v) is 16.9. The lowest BCUT2D eigenvalue weighted by molar-refractivity contribution is -0.117. The molecule has 1 aliphatic heterocycles. The van der Waals surface area contributed by atoms with E-state index in [9.17, 15) is 18.0 Å². The molecule has 0 bridgehead atoms. The van der Waals surface area contributed by atoms with Crippen molar-refractivity contribution in [2.75, 3.05) is 18.6 Å². The highest BCUT2D eigenvalue weighted by Crippen LogP contribution is 2.30. The number of hydrogen-bond acceptors (Lipinski definition) is 5. The highest BCUT2D eigenvalue weighted by atomic mass is 32.2. The van der Waals surface area contributed by atoms with Gasteiger partial charge in [0.15, 0.2) is 0 Å². The van der Waals surface area contributed by atoms with Gasteiger partial charge >= 0.3 is 5.97 Å². The van der Waals surface area contributed by atoms with E-state index >= 15 is 0 Å². The lowest BCUT2D eigenvalue weighted by Crippen LogP contribution is -2.24. The molecule has 0 saturated carbocycles. The molecule has 3 aromatic rings. The quantitative estimate of drug-likeness (QED) is 0.615. The minimum atomic E-state index is -3.96. The molecule has 0 spiro atoms. The maximum Gasteiger partial charge on any atom is 0.340 e. The highest BCUT2D eigenvalue weighted by Gasteiger charge is 2.27. The second-order valence-corrected chi connectivity index (χ2v) is 8.76. The van der Waals surface area contributed by atoms with E-state index in [1.807, 2.05) is 0 Å². The van der Waals surface area contributed by atoms with Crippen LogP contribution >= 0.6 is 0 Å². The molecule has 0 N–H and O–H groups in total. The molecule has 1 saturated heterocycles. The average Bonchev–Trinajstić information content (AvgIpc) is 3.31. The number of anilines is 1.